The van der Waals surface area contributed by atoms with Crippen LogP contribution in [0.15, 0.2) is 66.2 Å². The zero-order chi connectivity index (χ0) is 18.5. The Morgan fingerprint density at radius 2 is 1.65 bits per heavy atom. The smallest absolute Gasteiger partial charge is 0.295 e. The third-order valence-corrected chi connectivity index (χ3v) is 4.45. The Morgan fingerprint density at radius 3 is 2.27 bits per heavy atom. The molecule has 0 bridgehead atoms. The summed E-state index contributed by atoms with van der Waals surface area (Å²) >= 11 is 0. The lowest BCUT2D eigenvalue weighted by Crippen LogP contribution is -2.31. The van der Waals surface area contributed by atoms with E-state index in [-0.39, 0.29) is 11.3 Å². The van der Waals surface area contributed by atoms with Crippen molar-refractivity contribution in [3.63, 3.8) is 0 Å². The minimum Gasteiger partial charge on any atom is -0.507 e. The molecule has 5 nitrogen and oxygen atoms in total. The molecule has 1 aliphatic rings. The van der Waals surface area contributed by atoms with E-state index in [2.05, 4.69) is 0 Å². The van der Waals surface area contributed by atoms with Gasteiger partial charge in [0.25, 0.3) is 11.7 Å². The first-order valence-corrected chi connectivity index (χ1v) is 8.53. The number of amides is 1. The molecule has 2 aromatic carbocycles. The van der Waals surface area contributed by atoms with Gasteiger partial charge in [0.1, 0.15) is 5.76 Å². The van der Waals surface area contributed by atoms with Gasteiger partial charge in [-0.25, -0.2) is 0 Å². The van der Waals surface area contributed by atoms with Crippen LogP contribution in [0.3, 0.4) is 0 Å². The van der Waals surface area contributed by atoms with Gasteiger partial charge in [-0.1, -0.05) is 60.7 Å². The number of Topliss-reactive ketones (excluding diaryl/α,β-unsaturated/α-hetero) is 1. The van der Waals surface area contributed by atoms with Crippen molar-refractivity contribution in [1.82, 2.24) is 4.90 Å². The second-order valence-corrected chi connectivity index (χ2v) is 6.12. The minimum atomic E-state index is -0.655. The Bertz CT molecular complexity index is 814. The highest BCUT2D eigenvalue weighted by Crippen LogP contribution is 2.39. The Morgan fingerprint density at radius 1 is 1.04 bits per heavy atom. The van der Waals surface area contributed by atoms with Gasteiger partial charge in [0, 0.05) is 25.8 Å². The molecule has 1 N–H and O–H groups in total. The molecule has 1 amide bonds. The predicted octanol–water partition coefficient (Wildman–Crippen LogP) is 3.14. The number of ketones is 1. The number of carbonyl (C=O) groups is 2. The van der Waals surface area contributed by atoms with E-state index < -0.39 is 17.7 Å². The fourth-order valence-corrected chi connectivity index (χ4v) is 3.22. The number of nitrogens with zero attached hydrogens (tertiary/aromatic N) is 1. The Balaban J connectivity index is 2.09. The van der Waals surface area contributed by atoms with Crippen LogP contribution in [0.4, 0.5) is 0 Å². The molecule has 0 aromatic heterocycles. The molecule has 1 saturated heterocycles. The number of carbonyl (C=O) groups excluding carboxylic acids is 2. The highest BCUT2D eigenvalue weighted by atomic mass is 16.5. The molecule has 26 heavy (non-hydrogen) atoms. The van der Waals surface area contributed by atoms with Crippen LogP contribution in [0.5, 0.6) is 0 Å². The van der Waals surface area contributed by atoms with Gasteiger partial charge in [-0.3, -0.25) is 9.59 Å². The van der Waals surface area contributed by atoms with Crippen molar-refractivity contribution in [2.24, 2.45) is 0 Å². The Hall–Kier alpha value is -2.92. The van der Waals surface area contributed by atoms with Gasteiger partial charge >= 0.3 is 0 Å². The van der Waals surface area contributed by atoms with E-state index in [0.717, 1.165) is 5.56 Å². The molecule has 1 heterocycles. The van der Waals surface area contributed by atoms with Crippen molar-refractivity contribution >= 4 is 17.4 Å². The first-order chi connectivity index (χ1) is 12.6. The number of likely N-dealkylation sites (tertiary alicyclic amines) is 1. The van der Waals surface area contributed by atoms with Crippen molar-refractivity contribution in [2.75, 3.05) is 20.3 Å². The van der Waals surface area contributed by atoms with Gasteiger partial charge in [-0.05, 0) is 12.0 Å². The maximum absolute atomic E-state index is 12.7. The average Bonchev–Trinajstić information content (AvgIpc) is 2.94. The lowest BCUT2D eigenvalue weighted by atomic mass is 9.95. The molecule has 134 valence electrons. The normalized spacial score (nSPS) is 19.1. The highest BCUT2D eigenvalue weighted by molar-refractivity contribution is 6.46. The number of ether oxygens (including phenoxy) is 1. The summed E-state index contributed by atoms with van der Waals surface area (Å²) < 4.78 is 5.06. The van der Waals surface area contributed by atoms with Gasteiger partial charge in [0.05, 0.1) is 11.6 Å². The molecule has 5 heteroatoms. The summed E-state index contributed by atoms with van der Waals surface area (Å²) in [6, 6.07) is 17.5. The van der Waals surface area contributed by atoms with Crippen LogP contribution in [0.25, 0.3) is 5.76 Å². The monoisotopic (exact) mass is 351 g/mol. The second-order valence-electron chi connectivity index (χ2n) is 6.12. The number of aliphatic hydroxyl groups is 1. The summed E-state index contributed by atoms with van der Waals surface area (Å²) in [4.78, 5) is 26.8. The van der Waals surface area contributed by atoms with Crippen molar-refractivity contribution in [3.05, 3.63) is 77.4 Å². The molecule has 0 saturated carbocycles. The molecular formula is C21H21NO4. The Kier molecular flexibility index (Phi) is 5.49. The third kappa shape index (κ3) is 3.39. The van der Waals surface area contributed by atoms with Crippen molar-refractivity contribution in [2.45, 2.75) is 12.5 Å². The molecule has 2 aromatic rings. The maximum Gasteiger partial charge on any atom is 0.295 e. The van der Waals surface area contributed by atoms with Crippen LogP contribution in [-0.2, 0) is 14.3 Å². The fourth-order valence-electron chi connectivity index (χ4n) is 3.22. The second kappa shape index (κ2) is 7.97. The number of rotatable bonds is 6. The van der Waals surface area contributed by atoms with E-state index in [0.29, 0.717) is 25.1 Å². The number of hydrogen-bond donors (Lipinski definition) is 1. The number of methoxy groups -OCH3 is 1. The summed E-state index contributed by atoms with van der Waals surface area (Å²) in [5.41, 5.74) is 1.44. The SMILES string of the molecule is COCCCN1C(=O)C(=O)C(=C(O)c2ccccc2)[C@@H]1c1ccccc1. The fraction of sp³-hybridized carbons (Fsp3) is 0.238. The molecule has 0 radical (unpaired) electrons. The standard InChI is InChI=1S/C21H21NO4/c1-26-14-8-13-22-18(15-9-4-2-5-10-15)17(20(24)21(22)25)19(23)16-11-6-3-7-12-16/h2-7,9-12,18,23H,8,13-14H2,1H3/t18-/m0/s1. The predicted molar refractivity (Wildman–Crippen MR) is 98.4 cm³/mol. The Labute approximate surface area is 152 Å². The first kappa shape index (κ1) is 17.9. The molecular weight excluding hydrogens is 330 g/mol. The lowest BCUT2D eigenvalue weighted by Gasteiger charge is -2.25. The van der Waals surface area contributed by atoms with Crippen molar-refractivity contribution in [1.29, 1.82) is 0 Å². The lowest BCUT2D eigenvalue weighted by molar-refractivity contribution is -0.140. The molecule has 3 rings (SSSR count). The van der Waals surface area contributed by atoms with Gasteiger partial charge in [-0.15, -0.1) is 0 Å². The zero-order valence-electron chi connectivity index (χ0n) is 14.6. The number of aliphatic hydroxyl groups excluding tert-OH is 1. The molecule has 1 fully saturated rings. The maximum atomic E-state index is 12.7. The van der Waals surface area contributed by atoms with Crippen LogP contribution in [0.2, 0.25) is 0 Å². The molecule has 0 unspecified atom stereocenters. The number of hydrogen-bond acceptors (Lipinski definition) is 4. The molecule has 1 atom stereocenters. The van der Waals surface area contributed by atoms with E-state index in [1.807, 2.05) is 36.4 Å². The van der Waals surface area contributed by atoms with Crippen LogP contribution in [0.1, 0.15) is 23.6 Å². The van der Waals surface area contributed by atoms with E-state index in [1.165, 1.54) is 4.90 Å². The average molecular weight is 351 g/mol. The van der Waals surface area contributed by atoms with E-state index in [4.69, 9.17) is 4.74 Å². The summed E-state index contributed by atoms with van der Waals surface area (Å²) in [6.07, 6.45) is 0.609. The van der Waals surface area contributed by atoms with Gasteiger partial charge in [0.15, 0.2) is 0 Å². The molecule has 1 aliphatic heterocycles. The van der Waals surface area contributed by atoms with Gasteiger partial charge in [0.2, 0.25) is 0 Å². The van der Waals surface area contributed by atoms with Crippen LogP contribution in [0, 0.1) is 0 Å². The van der Waals surface area contributed by atoms with E-state index in [1.54, 1.807) is 31.4 Å². The van der Waals surface area contributed by atoms with E-state index >= 15 is 0 Å². The molecule has 0 aliphatic carbocycles. The summed E-state index contributed by atoms with van der Waals surface area (Å²) in [5, 5.41) is 10.8. The van der Waals surface area contributed by atoms with Gasteiger partial charge in [-0.2, -0.15) is 0 Å². The highest BCUT2D eigenvalue weighted by Gasteiger charge is 2.45. The van der Waals surface area contributed by atoms with Crippen molar-refractivity contribution < 1.29 is 19.4 Å². The van der Waals surface area contributed by atoms with Crippen LogP contribution < -0.4 is 0 Å². The van der Waals surface area contributed by atoms with Crippen LogP contribution >= 0.6 is 0 Å². The quantitative estimate of drug-likeness (QED) is 0.376. The van der Waals surface area contributed by atoms with Crippen LogP contribution in [-0.4, -0.2) is 42.0 Å². The van der Waals surface area contributed by atoms with E-state index in [9.17, 15) is 14.7 Å². The third-order valence-electron chi connectivity index (χ3n) is 4.45. The number of benzene rings is 2. The summed E-state index contributed by atoms with van der Waals surface area (Å²) in [5.74, 6) is -1.39. The van der Waals surface area contributed by atoms with Crippen molar-refractivity contribution in [3.8, 4) is 0 Å². The topological polar surface area (TPSA) is 66.8 Å². The minimum absolute atomic E-state index is 0.129. The summed E-state index contributed by atoms with van der Waals surface area (Å²) in [6.45, 7) is 0.868. The zero-order valence-corrected chi connectivity index (χ0v) is 14.6. The van der Waals surface area contributed by atoms with Gasteiger partial charge < -0.3 is 14.7 Å². The molecule has 0 spiro atoms. The first-order valence-electron chi connectivity index (χ1n) is 8.53. The largest absolute Gasteiger partial charge is 0.507 e. The summed E-state index contributed by atoms with van der Waals surface area (Å²) in [7, 11) is 1.60.